The molecule has 13 heavy (non-hydrogen) atoms. The molecule has 0 bridgehead atoms. The van der Waals surface area contributed by atoms with Gasteiger partial charge in [-0.1, -0.05) is 33.4 Å². The van der Waals surface area contributed by atoms with Crippen LogP contribution in [0.1, 0.15) is 39.7 Å². The molecule has 1 heteroatoms. The van der Waals surface area contributed by atoms with E-state index in [-0.39, 0.29) is 0 Å². The Labute approximate surface area is 82.6 Å². The highest BCUT2D eigenvalue weighted by Crippen LogP contribution is 2.25. The molecule has 1 aromatic rings. The fourth-order valence-corrected chi connectivity index (χ4v) is 1.68. The van der Waals surface area contributed by atoms with Gasteiger partial charge in [-0.3, -0.25) is 0 Å². The predicted octanol–water partition coefficient (Wildman–Crippen LogP) is 3.41. The summed E-state index contributed by atoms with van der Waals surface area (Å²) in [6.07, 6.45) is 1.19. The summed E-state index contributed by atoms with van der Waals surface area (Å²) in [5, 5.41) is 3.37. The van der Waals surface area contributed by atoms with Crippen LogP contribution in [0.4, 0.5) is 5.69 Å². The van der Waals surface area contributed by atoms with Gasteiger partial charge in [0.05, 0.1) is 0 Å². The molecule has 0 saturated heterocycles. The number of benzene rings is 1. The van der Waals surface area contributed by atoms with E-state index in [0.717, 1.165) is 6.54 Å². The van der Waals surface area contributed by atoms with Gasteiger partial charge in [0.1, 0.15) is 0 Å². The van der Waals surface area contributed by atoms with Gasteiger partial charge in [-0.25, -0.2) is 0 Å². The van der Waals surface area contributed by atoms with E-state index in [9.17, 15) is 0 Å². The summed E-state index contributed by atoms with van der Waals surface area (Å²) in [7, 11) is 1.25. The Morgan fingerprint density at radius 3 is 2.92 bits per heavy atom. The molecule has 0 spiro atoms. The van der Waals surface area contributed by atoms with Crippen molar-refractivity contribution >= 4 is 5.69 Å². The van der Waals surface area contributed by atoms with Crippen molar-refractivity contribution in [3.63, 3.8) is 0 Å². The van der Waals surface area contributed by atoms with Gasteiger partial charge in [0.2, 0.25) is 0 Å². The van der Waals surface area contributed by atoms with Crippen molar-refractivity contribution in [3.05, 3.63) is 29.3 Å². The Bertz CT molecular complexity index is 294. The van der Waals surface area contributed by atoms with Crippen LogP contribution in [0.3, 0.4) is 0 Å². The third kappa shape index (κ3) is 1.85. The molecule has 0 unspecified atom stereocenters. The molecule has 72 valence electrons. The lowest BCUT2D eigenvalue weighted by Gasteiger charge is -2.07. The summed E-state index contributed by atoms with van der Waals surface area (Å²) >= 11 is 0. The predicted molar refractivity (Wildman–Crippen MR) is 59.5 cm³/mol. The Hall–Kier alpha value is -0.980. The van der Waals surface area contributed by atoms with Crippen molar-refractivity contribution < 1.29 is 1.37 Å². The number of rotatable bonds is 1. The van der Waals surface area contributed by atoms with Crippen LogP contribution in [0, 0.1) is 0 Å². The first-order valence-electron chi connectivity index (χ1n) is 5.64. The molecule has 1 N–H and O–H groups in total. The summed E-state index contributed by atoms with van der Waals surface area (Å²) in [6.45, 7) is 5.59. The maximum atomic E-state index is 5.75. The van der Waals surface area contributed by atoms with Crippen LogP contribution in [-0.4, -0.2) is 6.54 Å². The van der Waals surface area contributed by atoms with Gasteiger partial charge in [-0.2, -0.15) is 0 Å². The van der Waals surface area contributed by atoms with Crippen LogP contribution in [0.15, 0.2) is 18.2 Å². The van der Waals surface area contributed by atoms with E-state index in [1.54, 1.807) is 0 Å². The van der Waals surface area contributed by atoms with Crippen molar-refractivity contribution in [1.29, 1.82) is 0 Å². The Kier molecular flexibility index (Phi) is 2.53. The van der Waals surface area contributed by atoms with Gasteiger partial charge in [-0.15, -0.1) is 0 Å². The molecular formula is C12H19N. The number of anilines is 1. The SMILES string of the molecule is CC(C)c1ccc2c(c1)CCN2.[3H]C. The lowest BCUT2D eigenvalue weighted by atomic mass is 10.00. The lowest BCUT2D eigenvalue weighted by molar-refractivity contribution is 0.864. The first kappa shape index (κ1) is 8.61. The van der Waals surface area contributed by atoms with Gasteiger partial charge in [0.25, 0.3) is 0 Å². The highest BCUT2D eigenvalue weighted by Gasteiger charge is 2.10. The van der Waals surface area contributed by atoms with Gasteiger partial charge >= 0.3 is 0 Å². The first-order chi connectivity index (χ1) is 6.77. The van der Waals surface area contributed by atoms with Gasteiger partial charge < -0.3 is 5.32 Å². The summed E-state index contributed by atoms with van der Waals surface area (Å²) in [5.41, 5.74) is 4.28. The topological polar surface area (TPSA) is 12.0 Å². The van der Waals surface area contributed by atoms with Gasteiger partial charge in [0.15, 0.2) is 0 Å². The maximum Gasteiger partial charge on any atom is 0.0373 e. The molecule has 0 atom stereocenters. The molecule has 1 heterocycles. The monoisotopic (exact) mass is 179 g/mol. The third-order valence-electron chi connectivity index (χ3n) is 2.51. The Balaban J connectivity index is 0.000000461. The number of nitrogens with one attached hydrogen (secondary N) is 1. The highest BCUT2D eigenvalue weighted by atomic mass is 14.9. The minimum absolute atomic E-state index is 0.649. The second kappa shape index (κ2) is 3.82. The van der Waals surface area contributed by atoms with E-state index >= 15 is 0 Å². The van der Waals surface area contributed by atoms with Crippen LogP contribution in [0.5, 0.6) is 0 Å². The van der Waals surface area contributed by atoms with Gasteiger partial charge in [0, 0.05) is 13.6 Å². The van der Waals surface area contributed by atoms with Crippen LogP contribution in [0.25, 0.3) is 0 Å². The zero-order valence-electron chi connectivity index (χ0n) is 9.72. The molecule has 1 aliphatic rings. The average Bonchev–Trinajstić information content (AvgIpc) is 2.67. The molecular weight excluding hydrogens is 158 g/mol. The van der Waals surface area contributed by atoms with Crippen molar-refractivity contribution in [3.8, 4) is 0 Å². The van der Waals surface area contributed by atoms with E-state index in [1.165, 1.54) is 30.6 Å². The molecule has 0 saturated carbocycles. The Morgan fingerprint density at radius 2 is 2.23 bits per heavy atom. The average molecular weight is 179 g/mol. The van der Waals surface area contributed by atoms with E-state index in [4.69, 9.17) is 1.37 Å². The summed E-state index contributed by atoms with van der Waals surface area (Å²) in [6, 6.07) is 6.76. The molecule has 1 nitrogen and oxygen atoms in total. The first-order valence-corrected chi connectivity index (χ1v) is 4.64. The number of fused-ring (bicyclic) bond motifs is 1. The fourth-order valence-electron chi connectivity index (χ4n) is 1.68. The van der Waals surface area contributed by atoms with Crippen LogP contribution in [-0.2, 0) is 6.42 Å². The molecule has 0 amide bonds. The standard InChI is InChI=1S/C11H15N.CH4/c1-8(2)9-3-4-11-10(7-9)5-6-12-11;/h3-4,7-8,12H,5-6H2,1-2H3;1H4/i;1T. The Morgan fingerprint density at radius 1 is 1.46 bits per heavy atom. The largest absolute Gasteiger partial charge is 0.384 e. The van der Waals surface area contributed by atoms with E-state index < -0.39 is 0 Å². The van der Waals surface area contributed by atoms with E-state index in [2.05, 4.69) is 37.4 Å². The van der Waals surface area contributed by atoms with Crippen LogP contribution >= 0.6 is 0 Å². The fraction of sp³-hybridized carbons (Fsp3) is 0.500. The molecule has 0 aromatic heterocycles. The van der Waals surface area contributed by atoms with Gasteiger partial charge in [-0.05, 0) is 29.5 Å². The van der Waals surface area contributed by atoms with Crippen molar-refractivity contribution in [1.82, 2.24) is 0 Å². The molecule has 1 aliphatic heterocycles. The molecule has 0 radical (unpaired) electrons. The normalized spacial score (nSPS) is 14.0. The van der Waals surface area contributed by atoms with Crippen LogP contribution < -0.4 is 5.32 Å². The number of hydrogen-bond acceptors (Lipinski definition) is 1. The minimum atomic E-state index is 0.649. The number of hydrogen-bond donors (Lipinski definition) is 1. The second-order valence-electron chi connectivity index (χ2n) is 3.75. The van der Waals surface area contributed by atoms with Crippen LogP contribution in [0.2, 0.25) is 0 Å². The molecule has 1 aromatic carbocycles. The molecule has 2 rings (SSSR count). The zero-order chi connectivity index (χ0) is 10.6. The third-order valence-corrected chi connectivity index (χ3v) is 2.51. The summed E-state index contributed by atoms with van der Waals surface area (Å²) < 4.78 is 5.75. The zero-order valence-corrected chi connectivity index (χ0v) is 8.72. The highest BCUT2D eigenvalue weighted by molar-refractivity contribution is 5.56. The van der Waals surface area contributed by atoms with Crippen molar-refractivity contribution in [2.45, 2.75) is 33.6 Å². The molecule has 0 aliphatic carbocycles. The smallest absolute Gasteiger partial charge is 0.0373 e. The van der Waals surface area contributed by atoms with E-state index in [1.807, 2.05) is 0 Å². The molecule has 0 fully saturated rings. The van der Waals surface area contributed by atoms with Crippen molar-refractivity contribution in [2.24, 2.45) is 0 Å². The maximum absolute atomic E-state index is 5.75. The minimum Gasteiger partial charge on any atom is -0.384 e. The van der Waals surface area contributed by atoms with Crippen molar-refractivity contribution in [2.75, 3.05) is 11.9 Å². The van der Waals surface area contributed by atoms with E-state index in [0.29, 0.717) is 5.92 Å². The summed E-state index contributed by atoms with van der Waals surface area (Å²) in [5.74, 6) is 0.649. The second-order valence-corrected chi connectivity index (χ2v) is 3.75. The lowest BCUT2D eigenvalue weighted by Crippen LogP contribution is -1.90. The quantitative estimate of drug-likeness (QED) is 0.696. The summed E-state index contributed by atoms with van der Waals surface area (Å²) in [4.78, 5) is 0.